The minimum atomic E-state index is -0.409. The number of benzene rings is 6. The van der Waals surface area contributed by atoms with Gasteiger partial charge in [0.1, 0.15) is 0 Å². The third-order valence-corrected chi connectivity index (χ3v) is 5.74. The maximum absolute atomic E-state index is 8.38. The molecule has 6 rings (SSSR count). The van der Waals surface area contributed by atoms with Crippen molar-refractivity contribution in [2.45, 2.75) is 0 Å². The zero-order valence-corrected chi connectivity index (χ0v) is 16.1. The second-order valence-corrected chi connectivity index (χ2v) is 7.63. The van der Waals surface area contributed by atoms with Crippen molar-refractivity contribution in [3.8, 4) is 22.3 Å². The molecule has 0 aliphatic heterocycles. The van der Waals surface area contributed by atoms with Gasteiger partial charge >= 0.3 is 0 Å². The molecule has 0 heterocycles. The minimum absolute atomic E-state index is 0.146. The van der Waals surface area contributed by atoms with E-state index in [-0.39, 0.29) is 29.7 Å². The molecule has 0 saturated heterocycles. The van der Waals surface area contributed by atoms with Gasteiger partial charge in [0.2, 0.25) is 0 Å². The fourth-order valence-electron chi connectivity index (χ4n) is 4.27. The lowest BCUT2D eigenvalue weighted by Gasteiger charge is -2.15. The van der Waals surface area contributed by atoms with Gasteiger partial charge in [-0.25, -0.2) is 0 Å². The van der Waals surface area contributed by atoms with E-state index in [0.717, 1.165) is 21.9 Å². The monoisotopic (exact) mass is 393 g/mol. The largest absolute Gasteiger partial charge is 0.0843 e. The summed E-state index contributed by atoms with van der Waals surface area (Å²) in [5.74, 6) is 0. The summed E-state index contributed by atoms with van der Waals surface area (Å²) in [5.41, 5.74) is 2.44. The first-order valence-electron chi connectivity index (χ1n) is 11.9. The lowest BCUT2D eigenvalue weighted by Crippen LogP contribution is -1.88. The van der Waals surface area contributed by atoms with E-state index in [1.165, 1.54) is 21.5 Å². The van der Waals surface area contributed by atoms with Gasteiger partial charge < -0.3 is 0 Å². The molecule has 0 spiro atoms. The Bertz CT molecular complexity index is 1730. The van der Waals surface area contributed by atoms with Gasteiger partial charge in [-0.2, -0.15) is 0 Å². The zero-order valence-electron chi connectivity index (χ0n) is 20.3. The average molecular weight is 394 g/mol. The first kappa shape index (κ1) is 12.3. The Kier molecular flexibility index (Phi) is 2.68. The maximum atomic E-state index is 8.38. The Hall–Kier alpha value is -3.35. The third-order valence-electron chi connectivity index (χ3n) is 5.53. The highest BCUT2D eigenvalue weighted by molar-refractivity contribution is 6.31. The fourth-order valence-corrected chi connectivity index (χ4v) is 4.51. The van der Waals surface area contributed by atoms with Gasteiger partial charge in [-0.1, -0.05) is 96.4 Å². The van der Waals surface area contributed by atoms with Gasteiger partial charge in [-0.05, 0) is 72.8 Å². The Morgan fingerprint density at radius 1 is 0.586 bits per heavy atom. The number of hydrogen-bond acceptors (Lipinski definition) is 0. The van der Waals surface area contributed by atoms with Crippen LogP contribution in [0.4, 0.5) is 0 Å². The average Bonchev–Trinajstić information content (AvgIpc) is 2.84. The lowest BCUT2D eigenvalue weighted by molar-refractivity contribution is 1.60. The van der Waals surface area contributed by atoms with Gasteiger partial charge in [-0.3, -0.25) is 0 Å². The molecule has 0 unspecified atom stereocenters. The Morgan fingerprint density at radius 3 is 2.03 bits per heavy atom. The molecule has 6 aromatic rings. The second kappa shape index (κ2) is 6.34. The molecule has 0 nitrogen and oxygen atoms in total. The van der Waals surface area contributed by atoms with E-state index in [0.29, 0.717) is 10.6 Å². The molecule has 0 radical (unpaired) electrons. The van der Waals surface area contributed by atoms with Gasteiger partial charge in [0.05, 0.1) is 6.85 Å². The molecule has 136 valence electrons. The normalized spacial score (nSPS) is 14.0. The predicted molar refractivity (Wildman–Crippen MR) is 126 cm³/mol. The number of hydrogen-bond donors (Lipinski definition) is 0. The van der Waals surface area contributed by atoms with Gasteiger partial charge in [0, 0.05) is 5.02 Å². The van der Waals surface area contributed by atoms with Crippen molar-refractivity contribution in [3.05, 3.63) is 108 Å². The molecule has 0 saturated carbocycles. The topological polar surface area (TPSA) is 0 Å². The minimum Gasteiger partial charge on any atom is -0.0843 e. The van der Waals surface area contributed by atoms with E-state index < -0.39 is 6.04 Å². The predicted octanol–water partition coefficient (Wildman–Crippen LogP) is 8.57. The van der Waals surface area contributed by atoms with Crippen LogP contribution in [0.1, 0.15) is 6.85 Å². The summed E-state index contributed by atoms with van der Waals surface area (Å²) in [6, 6.07) is 22.7. The molecule has 0 atom stereocenters. The van der Waals surface area contributed by atoms with Crippen molar-refractivity contribution in [3.63, 3.8) is 0 Å². The third kappa shape index (κ3) is 2.61. The van der Waals surface area contributed by atoms with Crippen molar-refractivity contribution in [1.82, 2.24) is 0 Å². The van der Waals surface area contributed by atoms with Crippen LogP contribution < -0.4 is 0 Å². The van der Waals surface area contributed by atoms with Crippen LogP contribution in [-0.4, -0.2) is 0 Å². The summed E-state index contributed by atoms with van der Waals surface area (Å²) in [7, 11) is 0. The molecule has 0 bridgehead atoms. The first-order valence-corrected chi connectivity index (χ1v) is 9.78. The van der Waals surface area contributed by atoms with Crippen molar-refractivity contribution in [2.75, 3.05) is 0 Å². The van der Waals surface area contributed by atoms with Gasteiger partial charge in [0.15, 0.2) is 0 Å². The van der Waals surface area contributed by atoms with Crippen molar-refractivity contribution in [1.29, 1.82) is 0 Å². The molecule has 0 aromatic heterocycles. The summed E-state index contributed by atoms with van der Waals surface area (Å²) < 4.78 is 40.7. The highest BCUT2D eigenvalue weighted by Gasteiger charge is 2.13. The molecule has 6 aromatic carbocycles. The quantitative estimate of drug-likeness (QED) is 0.258. The zero-order chi connectivity index (χ0) is 23.7. The van der Waals surface area contributed by atoms with Crippen LogP contribution in [0.25, 0.3) is 54.6 Å². The molecule has 0 aliphatic carbocycles. The number of halogens is 1. The van der Waals surface area contributed by atoms with Crippen LogP contribution in [0.3, 0.4) is 0 Å². The van der Waals surface area contributed by atoms with Crippen LogP contribution in [0.5, 0.6) is 0 Å². The van der Waals surface area contributed by atoms with Crippen LogP contribution in [0, 0.1) is 0 Å². The number of rotatable bonds is 2. The standard InChI is InChI=1S/C28H17Cl/c29-24-16-22(18-5-2-1-3-6-18)15-23(17-24)25-13-11-21-10-9-19-7-4-8-20-12-14-26(25)28(21)27(19)20/h1-17H/i1D,2D,3D,5D,6D. The van der Waals surface area contributed by atoms with Crippen molar-refractivity contribution >= 4 is 43.9 Å². The molecule has 0 fully saturated rings. The summed E-state index contributed by atoms with van der Waals surface area (Å²) in [5, 5.41) is 7.42. The van der Waals surface area contributed by atoms with Crippen LogP contribution >= 0.6 is 11.6 Å². The van der Waals surface area contributed by atoms with E-state index in [4.69, 9.17) is 18.5 Å². The van der Waals surface area contributed by atoms with Gasteiger partial charge in [0.25, 0.3) is 0 Å². The molecule has 0 N–H and O–H groups in total. The van der Waals surface area contributed by atoms with Gasteiger partial charge in [-0.15, -0.1) is 0 Å². The molecule has 0 amide bonds. The lowest BCUT2D eigenvalue weighted by atomic mass is 9.89. The molecule has 1 heteroatoms. The molecular formula is C28H17Cl. The fraction of sp³-hybridized carbons (Fsp3) is 0. The van der Waals surface area contributed by atoms with E-state index in [1.807, 2.05) is 12.1 Å². The molecular weight excluding hydrogens is 372 g/mol. The first-order chi connectivity index (χ1) is 16.3. The van der Waals surface area contributed by atoms with Crippen molar-refractivity contribution in [2.24, 2.45) is 0 Å². The van der Waals surface area contributed by atoms with E-state index in [2.05, 4.69) is 54.6 Å². The summed E-state index contributed by atoms with van der Waals surface area (Å²) in [6.07, 6.45) is 0. The van der Waals surface area contributed by atoms with E-state index in [9.17, 15) is 0 Å². The summed E-state index contributed by atoms with van der Waals surface area (Å²) in [4.78, 5) is 0. The smallest absolute Gasteiger partial charge is 0.0629 e. The summed E-state index contributed by atoms with van der Waals surface area (Å²) in [6.45, 7) is 0. The van der Waals surface area contributed by atoms with E-state index in [1.54, 1.807) is 6.07 Å². The second-order valence-electron chi connectivity index (χ2n) is 7.20. The Balaban J connectivity index is 1.66. The van der Waals surface area contributed by atoms with Crippen LogP contribution in [0.15, 0.2) is 103 Å². The van der Waals surface area contributed by atoms with Crippen LogP contribution in [-0.2, 0) is 0 Å². The molecule has 29 heavy (non-hydrogen) atoms. The Labute approximate surface area is 181 Å². The highest BCUT2D eigenvalue weighted by atomic mass is 35.5. The SMILES string of the molecule is [2H]c1c([2H])c([2H])c(-c2cc(Cl)cc(-c3ccc4ccc5cccc6ccc3c4c56)c2)c([2H])c1[2H]. The highest BCUT2D eigenvalue weighted by Crippen LogP contribution is 2.40. The Morgan fingerprint density at radius 2 is 1.24 bits per heavy atom. The molecule has 0 aliphatic rings. The van der Waals surface area contributed by atoms with E-state index >= 15 is 0 Å². The van der Waals surface area contributed by atoms with Crippen LogP contribution in [0.2, 0.25) is 5.02 Å². The summed E-state index contributed by atoms with van der Waals surface area (Å²) >= 11 is 6.51. The maximum Gasteiger partial charge on any atom is 0.0629 e. The van der Waals surface area contributed by atoms with Crippen molar-refractivity contribution < 1.29 is 6.85 Å².